The highest BCUT2D eigenvalue weighted by Crippen LogP contribution is 2.30. The van der Waals surface area contributed by atoms with Gasteiger partial charge in [-0.2, -0.15) is 0 Å². The van der Waals surface area contributed by atoms with Crippen molar-refractivity contribution in [1.29, 1.82) is 0 Å². The summed E-state index contributed by atoms with van der Waals surface area (Å²) in [5.41, 5.74) is 0.434. The van der Waals surface area contributed by atoms with Crippen LogP contribution in [-0.2, 0) is 10.0 Å². The van der Waals surface area contributed by atoms with Gasteiger partial charge in [-0.25, -0.2) is 13.6 Å². The molecule has 0 aliphatic carbocycles. The lowest BCUT2D eigenvalue weighted by molar-refractivity contribution is -0.384. The molecule has 0 saturated carbocycles. The van der Waals surface area contributed by atoms with E-state index in [0.29, 0.717) is 5.52 Å². The van der Waals surface area contributed by atoms with E-state index in [0.717, 1.165) is 0 Å². The second-order valence-electron chi connectivity index (χ2n) is 4.50. The molecule has 0 aliphatic heterocycles. The number of rotatable bonds is 3. The summed E-state index contributed by atoms with van der Waals surface area (Å²) in [4.78, 5) is 10.1. The molecule has 0 amide bonds. The number of fused-ring (bicyclic) bond motifs is 1. The zero-order chi connectivity index (χ0) is 14.4. The van der Waals surface area contributed by atoms with Crippen molar-refractivity contribution < 1.29 is 13.3 Å². The molecule has 8 heteroatoms. The molecule has 0 saturated heterocycles. The largest absolute Gasteiger partial charge is 0.344 e. The minimum atomic E-state index is -3.93. The van der Waals surface area contributed by atoms with Gasteiger partial charge in [-0.15, -0.1) is 0 Å². The fourth-order valence-corrected chi connectivity index (χ4v) is 2.71. The molecule has 1 heterocycles. The van der Waals surface area contributed by atoms with Crippen LogP contribution in [0.1, 0.15) is 19.9 Å². The number of hydrogen-bond donors (Lipinski definition) is 1. The summed E-state index contributed by atoms with van der Waals surface area (Å²) in [6.07, 6.45) is 1.41. The molecule has 102 valence electrons. The molecule has 2 aromatic rings. The first-order chi connectivity index (χ1) is 8.71. The van der Waals surface area contributed by atoms with Gasteiger partial charge in [-0.1, -0.05) is 0 Å². The molecular weight excluding hydrogens is 270 g/mol. The normalized spacial score (nSPS) is 12.2. The number of hydrogen-bond acceptors (Lipinski definition) is 4. The number of aromatic nitrogens is 1. The van der Waals surface area contributed by atoms with Crippen molar-refractivity contribution in [3.63, 3.8) is 0 Å². The highest BCUT2D eigenvalue weighted by Gasteiger charge is 2.20. The van der Waals surface area contributed by atoms with E-state index in [9.17, 15) is 18.5 Å². The first-order valence-electron chi connectivity index (χ1n) is 5.53. The Bertz CT molecular complexity index is 762. The minimum Gasteiger partial charge on any atom is -0.344 e. The van der Waals surface area contributed by atoms with Crippen molar-refractivity contribution in [3.05, 3.63) is 34.5 Å². The number of nitro groups is 1. The molecule has 0 atom stereocenters. The van der Waals surface area contributed by atoms with Crippen LogP contribution in [0.5, 0.6) is 0 Å². The first kappa shape index (κ1) is 13.5. The van der Waals surface area contributed by atoms with Crippen molar-refractivity contribution in [2.45, 2.75) is 24.8 Å². The second kappa shape index (κ2) is 4.32. The van der Waals surface area contributed by atoms with Gasteiger partial charge in [0.15, 0.2) is 0 Å². The van der Waals surface area contributed by atoms with Crippen molar-refractivity contribution >= 4 is 26.6 Å². The Morgan fingerprint density at radius 3 is 2.47 bits per heavy atom. The molecule has 0 bridgehead atoms. The molecule has 2 rings (SSSR count). The average Bonchev–Trinajstić information content (AvgIpc) is 2.66. The lowest BCUT2D eigenvalue weighted by Gasteiger charge is -2.08. The Balaban J connectivity index is 2.88. The molecule has 0 radical (unpaired) electrons. The zero-order valence-corrected chi connectivity index (χ0v) is 11.2. The van der Waals surface area contributed by atoms with E-state index < -0.39 is 14.9 Å². The maximum Gasteiger partial charge on any atom is 0.270 e. The number of nitrogens with two attached hydrogens (primary N) is 1. The zero-order valence-electron chi connectivity index (χ0n) is 10.4. The Morgan fingerprint density at radius 1 is 1.37 bits per heavy atom. The molecule has 2 N–H and O–H groups in total. The van der Waals surface area contributed by atoms with E-state index in [1.807, 2.05) is 13.8 Å². The van der Waals surface area contributed by atoms with Gasteiger partial charge in [0.25, 0.3) is 5.69 Å². The van der Waals surface area contributed by atoms with Gasteiger partial charge in [0.05, 0.1) is 10.4 Å². The van der Waals surface area contributed by atoms with Crippen LogP contribution in [0.25, 0.3) is 10.9 Å². The Hall–Kier alpha value is -1.93. The fraction of sp³-hybridized carbons (Fsp3) is 0.273. The Kier molecular flexibility index (Phi) is 3.07. The van der Waals surface area contributed by atoms with Crippen LogP contribution in [0.4, 0.5) is 5.69 Å². The van der Waals surface area contributed by atoms with Crippen LogP contribution < -0.4 is 5.14 Å². The third kappa shape index (κ3) is 2.32. The third-order valence-electron chi connectivity index (χ3n) is 2.85. The summed E-state index contributed by atoms with van der Waals surface area (Å²) in [5, 5.41) is 16.2. The summed E-state index contributed by atoms with van der Waals surface area (Å²) in [5.74, 6) is 0. The molecule has 0 aliphatic rings. The first-order valence-corrected chi connectivity index (χ1v) is 7.08. The molecule has 0 fully saturated rings. The van der Waals surface area contributed by atoms with Crippen molar-refractivity contribution in [3.8, 4) is 0 Å². The minimum absolute atomic E-state index is 0.0134. The third-order valence-corrected chi connectivity index (χ3v) is 3.79. The van der Waals surface area contributed by atoms with E-state index in [-0.39, 0.29) is 22.0 Å². The summed E-state index contributed by atoms with van der Waals surface area (Å²) < 4.78 is 24.8. The Morgan fingerprint density at radius 2 is 2.00 bits per heavy atom. The van der Waals surface area contributed by atoms with Gasteiger partial charge >= 0.3 is 0 Å². The van der Waals surface area contributed by atoms with Gasteiger partial charge in [0.1, 0.15) is 4.90 Å². The van der Waals surface area contributed by atoms with Crippen molar-refractivity contribution in [2.24, 2.45) is 5.14 Å². The van der Waals surface area contributed by atoms with Crippen molar-refractivity contribution in [2.75, 3.05) is 0 Å². The van der Waals surface area contributed by atoms with Gasteiger partial charge in [-0.05, 0) is 19.9 Å². The lowest BCUT2D eigenvalue weighted by atomic mass is 10.2. The summed E-state index contributed by atoms with van der Waals surface area (Å²) in [6.45, 7) is 3.77. The maximum atomic E-state index is 11.6. The second-order valence-corrected chi connectivity index (χ2v) is 6.03. The molecule has 7 nitrogen and oxygen atoms in total. The fourth-order valence-electron chi connectivity index (χ4n) is 1.98. The summed E-state index contributed by atoms with van der Waals surface area (Å²) >= 11 is 0. The van der Waals surface area contributed by atoms with Gasteiger partial charge in [-0.3, -0.25) is 10.1 Å². The number of non-ortho nitro benzene ring substituents is 1. The quantitative estimate of drug-likeness (QED) is 0.684. The van der Waals surface area contributed by atoms with Gasteiger partial charge in [0.2, 0.25) is 10.0 Å². The number of benzene rings is 1. The van der Waals surface area contributed by atoms with E-state index in [4.69, 9.17) is 5.14 Å². The molecule has 0 unspecified atom stereocenters. The van der Waals surface area contributed by atoms with E-state index in [1.165, 1.54) is 24.4 Å². The van der Waals surface area contributed by atoms with E-state index in [1.54, 1.807) is 4.57 Å². The summed E-state index contributed by atoms with van der Waals surface area (Å²) in [6, 6.07) is 4.11. The lowest BCUT2D eigenvalue weighted by Crippen LogP contribution is -2.11. The van der Waals surface area contributed by atoms with Crippen LogP contribution in [0.2, 0.25) is 0 Å². The standard InChI is InChI=1S/C11H13N3O4S/c1-7(2)13-6-11(19(12,17)18)9-5-8(14(15)16)3-4-10(9)13/h3-7H,1-2H3,(H2,12,17,18). The van der Waals surface area contributed by atoms with Crippen molar-refractivity contribution in [1.82, 2.24) is 4.57 Å². The summed E-state index contributed by atoms with van der Waals surface area (Å²) in [7, 11) is -3.93. The predicted molar refractivity (Wildman–Crippen MR) is 70.4 cm³/mol. The van der Waals surface area contributed by atoms with Gasteiger partial charge < -0.3 is 4.57 Å². The average molecular weight is 283 g/mol. The van der Waals surface area contributed by atoms with Crippen LogP contribution in [0.3, 0.4) is 0 Å². The molecular formula is C11H13N3O4S. The number of nitro benzene ring substituents is 1. The molecule has 0 spiro atoms. The van der Waals surface area contributed by atoms with Crippen LogP contribution in [0, 0.1) is 10.1 Å². The van der Waals surface area contributed by atoms with Crippen LogP contribution >= 0.6 is 0 Å². The maximum absolute atomic E-state index is 11.6. The number of primary sulfonamides is 1. The topological polar surface area (TPSA) is 108 Å². The highest BCUT2D eigenvalue weighted by molar-refractivity contribution is 7.89. The van der Waals surface area contributed by atoms with E-state index >= 15 is 0 Å². The van der Waals surface area contributed by atoms with Crippen LogP contribution in [-0.4, -0.2) is 17.9 Å². The molecule has 19 heavy (non-hydrogen) atoms. The van der Waals surface area contributed by atoms with Crippen LogP contribution in [0.15, 0.2) is 29.3 Å². The SMILES string of the molecule is CC(C)n1cc(S(N)(=O)=O)c2cc([N+](=O)[O-])ccc21. The van der Waals surface area contributed by atoms with Gasteiger partial charge in [0, 0.05) is 29.8 Å². The predicted octanol–water partition coefficient (Wildman–Crippen LogP) is 1.78. The Labute approximate surface area is 109 Å². The molecule has 1 aromatic carbocycles. The number of sulfonamides is 1. The monoisotopic (exact) mass is 283 g/mol. The molecule has 1 aromatic heterocycles. The smallest absolute Gasteiger partial charge is 0.270 e. The highest BCUT2D eigenvalue weighted by atomic mass is 32.2. The van der Waals surface area contributed by atoms with E-state index in [2.05, 4.69) is 0 Å². The number of nitrogens with zero attached hydrogens (tertiary/aromatic N) is 2.